The number of primary amides is 1. The molecule has 18 heavy (non-hydrogen) atoms. The van der Waals surface area contributed by atoms with Gasteiger partial charge in [-0.15, -0.1) is 10.2 Å². The van der Waals surface area contributed by atoms with Crippen LogP contribution in [0.15, 0.2) is 24.3 Å². The molecule has 0 saturated carbocycles. The van der Waals surface area contributed by atoms with Gasteiger partial charge in [0.25, 0.3) is 0 Å². The van der Waals surface area contributed by atoms with Gasteiger partial charge in [-0.1, -0.05) is 35.9 Å². The fourth-order valence-electron chi connectivity index (χ4n) is 1.52. The van der Waals surface area contributed by atoms with E-state index in [-0.39, 0.29) is 0 Å². The second kappa shape index (κ2) is 4.42. The van der Waals surface area contributed by atoms with Crippen LogP contribution in [0.3, 0.4) is 0 Å². The molecule has 3 N–H and O–H groups in total. The Hall–Kier alpha value is -1.88. The number of nitrogens with zero attached hydrogens (tertiary/aromatic N) is 2. The van der Waals surface area contributed by atoms with E-state index in [9.17, 15) is 4.79 Å². The molecule has 1 aromatic heterocycles. The van der Waals surface area contributed by atoms with Crippen molar-refractivity contribution in [1.82, 2.24) is 10.2 Å². The monoisotopic (exact) mass is 264 g/mol. The van der Waals surface area contributed by atoms with Crippen molar-refractivity contribution in [1.29, 1.82) is 0 Å². The molecule has 0 aliphatic heterocycles. The summed E-state index contributed by atoms with van der Waals surface area (Å²) in [7, 11) is 0. The largest absolute Gasteiger partial charge is 0.368 e. The molecule has 0 spiro atoms. The summed E-state index contributed by atoms with van der Waals surface area (Å²) in [5.41, 5.74) is 4.40. The highest BCUT2D eigenvalue weighted by atomic mass is 35.5. The highest BCUT2D eigenvalue weighted by Gasteiger charge is 2.26. The van der Waals surface area contributed by atoms with E-state index in [1.165, 1.54) is 0 Å². The first-order chi connectivity index (χ1) is 8.42. The Kier molecular flexibility index (Phi) is 3.09. The Morgan fingerprint density at radius 2 is 1.89 bits per heavy atom. The number of anilines is 1. The van der Waals surface area contributed by atoms with Crippen LogP contribution in [0.5, 0.6) is 0 Å². The van der Waals surface area contributed by atoms with E-state index in [1.807, 2.05) is 24.3 Å². The minimum atomic E-state index is -0.911. The number of benzene rings is 1. The van der Waals surface area contributed by atoms with Crippen molar-refractivity contribution in [2.45, 2.75) is 19.4 Å². The normalized spacial score (nSPS) is 11.5. The van der Waals surface area contributed by atoms with Gasteiger partial charge in [0.2, 0.25) is 5.91 Å². The zero-order chi connectivity index (χ0) is 13.3. The fourth-order valence-corrected chi connectivity index (χ4v) is 1.72. The molecule has 0 saturated heterocycles. The highest BCUT2D eigenvalue weighted by molar-refractivity contribution is 6.34. The average Bonchev–Trinajstić information content (AvgIpc) is 2.33. The molecule has 0 atom stereocenters. The van der Waals surface area contributed by atoms with Crippen molar-refractivity contribution in [3.63, 3.8) is 0 Å². The molecule has 94 valence electrons. The zero-order valence-electron chi connectivity index (χ0n) is 10.1. The predicted octanol–water partition coefficient (Wildman–Crippen LogP) is 1.96. The lowest BCUT2D eigenvalue weighted by Crippen LogP contribution is -2.45. The zero-order valence-corrected chi connectivity index (χ0v) is 10.8. The third-order valence-electron chi connectivity index (χ3n) is 2.69. The van der Waals surface area contributed by atoms with Gasteiger partial charge in [-0.25, -0.2) is 0 Å². The lowest BCUT2D eigenvalue weighted by Gasteiger charge is -2.23. The Balaban J connectivity index is 2.53. The Morgan fingerprint density at radius 1 is 1.28 bits per heavy atom. The summed E-state index contributed by atoms with van der Waals surface area (Å²) in [6, 6.07) is 7.42. The first-order valence-corrected chi connectivity index (χ1v) is 5.78. The molecule has 5 nitrogen and oxygen atoms in total. The van der Waals surface area contributed by atoms with Crippen molar-refractivity contribution in [2.24, 2.45) is 5.73 Å². The molecule has 6 heteroatoms. The van der Waals surface area contributed by atoms with E-state index in [4.69, 9.17) is 17.3 Å². The van der Waals surface area contributed by atoms with Gasteiger partial charge in [-0.2, -0.15) is 0 Å². The lowest BCUT2D eigenvalue weighted by molar-refractivity contribution is -0.121. The fraction of sp³-hybridized carbons (Fsp3) is 0.250. The summed E-state index contributed by atoms with van der Waals surface area (Å²) in [5, 5.41) is 12.7. The van der Waals surface area contributed by atoms with Gasteiger partial charge in [0.1, 0.15) is 5.54 Å². The number of fused-ring (bicyclic) bond motifs is 1. The van der Waals surface area contributed by atoms with Crippen molar-refractivity contribution in [2.75, 3.05) is 5.32 Å². The second-order valence-electron chi connectivity index (χ2n) is 4.50. The number of hydrogen-bond donors (Lipinski definition) is 2. The van der Waals surface area contributed by atoms with E-state index in [2.05, 4.69) is 15.5 Å². The van der Waals surface area contributed by atoms with Crippen molar-refractivity contribution < 1.29 is 4.79 Å². The standard InChI is InChI=1S/C12H13ClN4O/c1-12(2,11(14)18)15-10-8-6-4-3-5-7(8)9(13)16-17-10/h3-6H,1-2H3,(H2,14,18)(H,15,17). The Morgan fingerprint density at radius 3 is 2.50 bits per heavy atom. The number of halogens is 1. The average molecular weight is 265 g/mol. The van der Waals surface area contributed by atoms with Gasteiger partial charge in [-0.05, 0) is 13.8 Å². The van der Waals surface area contributed by atoms with Crippen LogP contribution in [-0.2, 0) is 4.79 Å². The third-order valence-corrected chi connectivity index (χ3v) is 2.97. The molecule has 1 aromatic carbocycles. The molecule has 0 radical (unpaired) electrons. The van der Waals surface area contributed by atoms with E-state index >= 15 is 0 Å². The highest BCUT2D eigenvalue weighted by Crippen LogP contribution is 2.27. The maximum atomic E-state index is 11.3. The van der Waals surface area contributed by atoms with Crippen LogP contribution in [0.2, 0.25) is 5.15 Å². The van der Waals surface area contributed by atoms with Gasteiger partial charge < -0.3 is 11.1 Å². The third kappa shape index (κ3) is 2.22. The summed E-state index contributed by atoms with van der Waals surface area (Å²) in [6.07, 6.45) is 0. The summed E-state index contributed by atoms with van der Waals surface area (Å²) >= 11 is 5.97. The van der Waals surface area contributed by atoms with Crippen LogP contribution < -0.4 is 11.1 Å². The summed E-state index contributed by atoms with van der Waals surface area (Å²) in [4.78, 5) is 11.3. The molecule has 0 aliphatic rings. The number of carbonyl (C=O) groups is 1. The van der Waals surface area contributed by atoms with Crippen molar-refractivity contribution in [3.05, 3.63) is 29.4 Å². The number of nitrogens with two attached hydrogens (primary N) is 1. The molecule has 0 fully saturated rings. The van der Waals surface area contributed by atoms with Gasteiger partial charge in [-0.3, -0.25) is 4.79 Å². The maximum absolute atomic E-state index is 11.3. The summed E-state index contributed by atoms with van der Waals surface area (Å²) < 4.78 is 0. The lowest BCUT2D eigenvalue weighted by atomic mass is 10.0. The van der Waals surface area contributed by atoms with Crippen LogP contribution in [0.1, 0.15) is 13.8 Å². The summed E-state index contributed by atoms with van der Waals surface area (Å²) in [5.74, 6) is 0.0159. The first kappa shape index (κ1) is 12.6. The predicted molar refractivity (Wildman–Crippen MR) is 71.4 cm³/mol. The quantitative estimate of drug-likeness (QED) is 0.888. The van der Waals surface area contributed by atoms with Gasteiger partial charge in [0.15, 0.2) is 11.0 Å². The minimum absolute atomic E-state index is 0.327. The first-order valence-electron chi connectivity index (χ1n) is 5.41. The Bertz CT molecular complexity index is 612. The van der Waals surface area contributed by atoms with Crippen LogP contribution in [0, 0.1) is 0 Å². The maximum Gasteiger partial charge on any atom is 0.242 e. The molecule has 1 amide bonds. The van der Waals surface area contributed by atoms with E-state index in [0.29, 0.717) is 11.0 Å². The van der Waals surface area contributed by atoms with E-state index in [1.54, 1.807) is 13.8 Å². The van der Waals surface area contributed by atoms with Crippen LogP contribution >= 0.6 is 11.6 Å². The van der Waals surface area contributed by atoms with Gasteiger partial charge >= 0.3 is 0 Å². The van der Waals surface area contributed by atoms with Crippen LogP contribution in [0.25, 0.3) is 10.8 Å². The molecule has 0 unspecified atom stereocenters. The minimum Gasteiger partial charge on any atom is -0.368 e. The van der Waals surface area contributed by atoms with Crippen LogP contribution in [0.4, 0.5) is 5.82 Å². The topological polar surface area (TPSA) is 80.9 Å². The number of hydrogen-bond acceptors (Lipinski definition) is 4. The molecule has 2 rings (SSSR count). The molecular formula is C12H13ClN4O. The van der Waals surface area contributed by atoms with Crippen molar-refractivity contribution in [3.8, 4) is 0 Å². The summed E-state index contributed by atoms with van der Waals surface area (Å²) in [6.45, 7) is 3.36. The molecule has 2 aromatic rings. The Labute approximate surface area is 109 Å². The molecule has 0 aliphatic carbocycles. The SMILES string of the molecule is CC(C)(Nc1nnc(Cl)c2ccccc12)C(N)=O. The smallest absolute Gasteiger partial charge is 0.242 e. The van der Waals surface area contributed by atoms with Gasteiger partial charge in [0.05, 0.1) is 0 Å². The second-order valence-corrected chi connectivity index (χ2v) is 4.86. The van der Waals surface area contributed by atoms with Crippen LogP contribution in [-0.4, -0.2) is 21.6 Å². The van der Waals surface area contributed by atoms with E-state index < -0.39 is 11.4 Å². The number of aromatic nitrogens is 2. The van der Waals surface area contributed by atoms with E-state index in [0.717, 1.165) is 10.8 Å². The number of amides is 1. The number of carbonyl (C=O) groups excluding carboxylic acids is 1. The molecule has 0 bridgehead atoms. The molecule has 1 heterocycles. The van der Waals surface area contributed by atoms with Crippen molar-refractivity contribution >= 4 is 34.1 Å². The number of nitrogens with one attached hydrogen (secondary N) is 1. The molecular weight excluding hydrogens is 252 g/mol. The number of rotatable bonds is 3. The van der Waals surface area contributed by atoms with Gasteiger partial charge in [0, 0.05) is 10.8 Å².